The highest BCUT2D eigenvalue weighted by Gasteiger charge is 2.25. The molecule has 0 aliphatic rings. The fraction of sp³-hybridized carbons (Fsp3) is 0.500. The molecule has 19 heavy (non-hydrogen) atoms. The number of aliphatic hydroxyl groups is 1. The molecule has 106 valence electrons. The van der Waals surface area contributed by atoms with Crippen LogP contribution >= 0.6 is 0 Å². The SMILES string of the molecule is C=CCN(c1cccc(OC)c1[C@H](C)O)C(C)(C)C. The summed E-state index contributed by atoms with van der Waals surface area (Å²) in [5, 5.41) is 10.1. The van der Waals surface area contributed by atoms with Gasteiger partial charge >= 0.3 is 0 Å². The summed E-state index contributed by atoms with van der Waals surface area (Å²) in [4.78, 5) is 2.21. The second-order valence-corrected chi connectivity index (χ2v) is 5.64. The molecule has 0 spiro atoms. The molecule has 0 bridgehead atoms. The lowest BCUT2D eigenvalue weighted by atomic mass is 9.99. The molecule has 1 aromatic carbocycles. The maximum absolute atomic E-state index is 10.1. The van der Waals surface area contributed by atoms with Crippen molar-refractivity contribution in [2.45, 2.75) is 39.3 Å². The highest BCUT2D eigenvalue weighted by molar-refractivity contribution is 5.62. The van der Waals surface area contributed by atoms with Gasteiger partial charge in [-0.15, -0.1) is 6.58 Å². The molecule has 0 heterocycles. The van der Waals surface area contributed by atoms with Crippen LogP contribution in [0.3, 0.4) is 0 Å². The highest BCUT2D eigenvalue weighted by Crippen LogP contribution is 2.37. The molecule has 0 aromatic heterocycles. The maximum Gasteiger partial charge on any atom is 0.126 e. The van der Waals surface area contributed by atoms with Crippen LogP contribution in [-0.2, 0) is 0 Å². The second kappa shape index (κ2) is 6.11. The van der Waals surface area contributed by atoms with E-state index in [1.807, 2.05) is 24.3 Å². The van der Waals surface area contributed by atoms with Crippen LogP contribution in [0.15, 0.2) is 30.9 Å². The zero-order valence-electron chi connectivity index (χ0n) is 12.6. The van der Waals surface area contributed by atoms with Crippen LogP contribution in [0.5, 0.6) is 5.75 Å². The van der Waals surface area contributed by atoms with Crippen LogP contribution in [0.4, 0.5) is 5.69 Å². The molecule has 0 saturated heterocycles. The van der Waals surface area contributed by atoms with Crippen molar-refractivity contribution in [2.24, 2.45) is 0 Å². The lowest BCUT2D eigenvalue weighted by Crippen LogP contribution is -2.42. The third kappa shape index (κ3) is 3.51. The Balaban J connectivity index is 3.41. The van der Waals surface area contributed by atoms with Gasteiger partial charge < -0.3 is 14.7 Å². The molecule has 1 atom stereocenters. The first-order valence-corrected chi connectivity index (χ1v) is 6.56. The van der Waals surface area contributed by atoms with Gasteiger partial charge in [0.15, 0.2) is 0 Å². The minimum atomic E-state index is -0.583. The van der Waals surface area contributed by atoms with E-state index in [-0.39, 0.29) is 5.54 Å². The normalized spacial score (nSPS) is 12.9. The Labute approximate surface area is 116 Å². The zero-order chi connectivity index (χ0) is 14.6. The molecular formula is C16H25NO2. The quantitative estimate of drug-likeness (QED) is 0.825. The largest absolute Gasteiger partial charge is 0.496 e. The predicted molar refractivity (Wildman–Crippen MR) is 80.9 cm³/mol. The Kier molecular flexibility index (Phi) is 5.01. The number of aliphatic hydroxyl groups excluding tert-OH is 1. The molecule has 0 aliphatic heterocycles. The van der Waals surface area contributed by atoms with Gasteiger partial charge in [-0.1, -0.05) is 12.1 Å². The van der Waals surface area contributed by atoms with Gasteiger partial charge in [0.1, 0.15) is 5.75 Å². The first-order chi connectivity index (χ1) is 8.82. The Morgan fingerprint density at radius 3 is 2.47 bits per heavy atom. The highest BCUT2D eigenvalue weighted by atomic mass is 16.5. The minimum absolute atomic E-state index is 0.0653. The molecule has 0 fully saturated rings. The summed E-state index contributed by atoms with van der Waals surface area (Å²) in [6.45, 7) is 12.7. The number of rotatable bonds is 5. The van der Waals surface area contributed by atoms with E-state index in [2.05, 4.69) is 32.3 Å². The number of ether oxygens (including phenoxy) is 1. The lowest BCUT2D eigenvalue weighted by Gasteiger charge is -2.39. The van der Waals surface area contributed by atoms with E-state index in [0.717, 1.165) is 17.8 Å². The van der Waals surface area contributed by atoms with Crippen LogP contribution in [0.25, 0.3) is 0 Å². The summed E-state index contributed by atoms with van der Waals surface area (Å²) in [5.74, 6) is 0.714. The van der Waals surface area contributed by atoms with E-state index in [9.17, 15) is 5.11 Å². The Hall–Kier alpha value is -1.48. The maximum atomic E-state index is 10.1. The van der Waals surface area contributed by atoms with Crippen molar-refractivity contribution in [3.8, 4) is 5.75 Å². The summed E-state index contributed by atoms with van der Waals surface area (Å²) in [7, 11) is 1.62. The molecular weight excluding hydrogens is 238 g/mol. The van der Waals surface area contributed by atoms with E-state index in [0.29, 0.717) is 5.75 Å². The first kappa shape index (κ1) is 15.6. The molecule has 1 N–H and O–H groups in total. The van der Waals surface area contributed by atoms with Gasteiger partial charge in [0.2, 0.25) is 0 Å². The smallest absolute Gasteiger partial charge is 0.126 e. The molecule has 3 nitrogen and oxygen atoms in total. The Morgan fingerprint density at radius 2 is 2.05 bits per heavy atom. The molecule has 0 unspecified atom stereocenters. The average Bonchev–Trinajstić information content (AvgIpc) is 2.33. The number of anilines is 1. The van der Waals surface area contributed by atoms with Gasteiger partial charge in [0, 0.05) is 23.3 Å². The fourth-order valence-corrected chi connectivity index (χ4v) is 2.23. The number of methoxy groups -OCH3 is 1. The topological polar surface area (TPSA) is 32.7 Å². The van der Waals surface area contributed by atoms with Gasteiger partial charge in [0.25, 0.3) is 0 Å². The fourth-order valence-electron chi connectivity index (χ4n) is 2.23. The third-order valence-corrected chi connectivity index (χ3v) is 3.09. The minimum Gasteiger partial charge on any atom is -0.496 e. The van der Waals surface area contributed by atoms with Crippen molar-refractivity contribution in [3.05, 3.63) is 36.4 Å². The Bertz CT molecular complexity index is 433. The number of hydrogen-bond acceptors (Lipinski definition) is 3. The lowest BCUT2D eigenvalue weighted by molar-refractivity contribution is 0.194. The van der Waals surface area contributed by atoms with Crippen LogP contribution in [0, 0.1) is 0 Å². The molecule has 0 radical (unpaired) electrons. The number of hydrogen-bond donors (Lipinski definition) is 1. The van der Waals surface area contributed by atoms with Crippen LogP contribution < -0.4 is 9.64 Å². The van der Waals surface area contributed by atoms with Crippen molar-refractivity contribution in [1.82, 2.24) is 0 Å². The number of benzene rings is 1. The molecule has 0 saturated carbocycles. The molecule has 1 aromatic rings. The van der Waals surface area contributed by atoms with Gasteiger partial charge in [-0.2, -0.15) is 0 Å². The molecule has 0 aliphatic carbocycles. The summed E-state index contributed by atoms with van der Waals surface area (Å²) in [6.07, 6.45) is 1.29. The van der Waals surface area contributed by atoms with Crippen molar-refractivity contribution in [1.29, 1.82) is 0 Å². The Morgan fingerprint density at radius 1 is 1.42 bits per heavy atom. The van der Waals surface area contributed by atoms with Crippen LogP contribution in [0.2, 0.25) is 0 Å². The van der Waals surface area contributed by atoms with Crippen molar-refractivity contribution in [3.63, 3.8) is 0 Å². The van der Waals surface area contributed by atoms with E-state index in [1.165, 1.54) is 0 Å². The third-order valence-electron chi connectivity index (χ3n) is 3.09. The summed E-state index contributed by atoms with van der Waals surface area (Å²) in [6, 6.07) is 5.83. The van der Waals surface area contributed by atoms with Crippen molar-refractivity contribution in [2.75, 3.05) is 18.6 Å². The van der Waals surface area contributed by atoms with E-state index in [1.54, 1.807) is 14.0 Å². The van der Waals surface area contributed by atoms with Crippen LogP contribution in [-0.4, -0.2) is 24.3 Å². The van der Waals surface area contributed by atoms with E-state index in [4.69, 9.17) is 4.74 Å². The second-order valence-electron chi connectivity index (χ2n) is 5.64. The van der Waals surface area contributed by atoms with Gasteiger partial charge in [0.05, 0.1) is 13.2 Å². The van der Waals surface area contributed by atoms with Gasteiger partial charge in [-0.25, -0.2) is 0 Å². The molecule has 0 amide bonds. The first-order valence-electron chi connectivity index (χ1n) is 6.56. The van der Waals surface area contributed by atoms with Crippen molar-refractivity contribution < 1.29 is 9.84 Å². The van der Waals surface area contributed by atoms with Gasteiger partial charge in [-0.05, 0) is 39.8 Å². The van der Waals surface area contributed by atoms with Gasteiger partial charge in [-0.3, -0.25) is 0 Å². The standard InChI is InChI=1S/C16H25NO2/c1-7-11-17(16(3,4)5)13-9-8-10-14(19-6)15(13)12(2)18/h7-10,12,18H,1,11H2,2-6H3/t12-/m0/s1. The summed E-state index contributed by atoms with van der Waals surface area (Å²) >= 11 is 0. The monoisotopic (exact) mass is 263 g/mol. The van der Waals surface area contributed by atoms with Crippen molar-refractivity contribution >= 4 is 5.69 Å². The average molecular weight is 263 g/mol. The summed E-state index contributed by atoms with van der Waals surface area (Å²) in [5.41, 5.74) is 1.74. The molecule has 1 rings (SSSR count). The predicted octanol–water partition coefficient (Wildman–Crippen LogP) is 3.54. The van der Waals surface area contributed by atoms with E-state index < -0.39 is 6.10 Å². The van der Waals surface area contributed by atoms with E-state index >= 15 is 0 Å². The molecule has 3 heteroatoms. The summed E-state index contributed by atoms with van der Waals surface area (Å²) < 4.78 is 5.38. The zero-order valence-corrected chi connectivity index (χ0v) is 12.6. The number of nitrogens with zero attached hydrogens (tertiary/aromatic N) is 1. The van der Waals surface area contributed by atoms with Crippen LogP contribution in [0.1, 0.15) is 39.4 Å².